The van der Waals surface area contributed by atoms with Crippen molar-refractivity contribution in [2.24, 2.45) is 0 Å². The highest BCUT2D eigenvalue weighted by Crippen LogP contribution is 2.30. The molecule has 2 fully saturated rings. The molecule has 2 aliphatic heterocycles. The lowest BCUT2D eigenvalue weighted by Gasteiger charge is -2.46. The molecule has 0 aliphatic carbocycles. The lowest BCUT2D eigenvalue weighted by Crippen LogP contribution is -2.65. The van der Waals surface area contributed by atoms with Gasteiger partial charge in [0.05, 0.1) is 32.0 Å². The number of aliphatic hydroxyl groups is 8. The predicted octanol–water partition coefficient (Wildman–Crippen LogP) is 3.88. The second-order valence-electron chi connectivity index (χ2n) is 16.2. The van der Waals surface area contributed by atoms with Crippen molar-refractivity contribution in [1.82, 2.24) is 5.32 Å². The van der Waals surface area contributed by atoms with Crippen molar-refractivity contribution in [3.8, 4) is 0 Å². The molecule has 2 aliphatic rings. The van der Waals surface area contributed by atoms with Gasteiger partial charge in [-0.05, 0) is 12.8 Å². The maximum atomic E-state index is 12.7. The third kappa shape index (κ3) is 19.4. The molecular weight excluding hydrogens is 726 g/mol. The van der Waals surface area contributed by atoms with Crippen molar-refractivity contribution in [2.45, 2.75) is 242 Å². The largest absolute Gasteiger partial charge is 0.394 e. The van der Waals surface area contributed by atoms with Gasteiger partial charge in [-0.15, -0.1) is 0 Å². The van der Waals surface area contributed by atoms with Gasteiger partial charge in [0.15, 0.2) is 12.6 Å². The van der Waals surface area contributed by atoms with Crippen LogP contribution in [0.15, 0.2) is 0 Å². The quantitative estimate of drug-likeness (QED) is 0.0430. The monoisotopic (exact) mass is 808 g/mol. The van der Waals surface area contributed by atoms with Gasteiger partial charge in [0.2, 0.25) is 5.91 Å². The fourth-order valence-corrected chi connectivity index (χ4v) is 7.57. The Bertz CT molecular complexity index is 962. The Hall–Kier alpha value is -1.01. The number of carbonyl (C=O) groups excluding carboxylic acids is 1. The molecule has 2 heterocycles. The van der Waals surface area contributed by atoms with Crippen LogP contribution in [0.3, 0.4) is 0 Å². The third-order valence-corrected chi connectivity index (χ3v) is 11.3. The maximum absolute atomic E-state index is 12.7. The summed E-state index contributed by atoms with van der Waals surface area (Å²) in [6, 6.07) is -0.816. The summed E-state index contributed by atoms with van der Waals surface area (Å²) in [5, 5.41) is 85.9. The molecule has 14 nitrogen and oxygen atoms in total. The molecule has 0 spiro atoms. The van der Waals surface area contributed by atoms with Crippen molar-refractivity contribution in [1.29, 1.82) is 0 Å². The molecule has 0 aromatic heterocycles. The maximum Gasteiger partial charge on any atom is 0.220 e. The van der Waals surface area contributed by atoms with Crippen LogP contribution >= 0.6 is 0 Å². The van der Waals surface area contributed by atoms with Crippen LogP contribution in [0.25, 0.3) is 0 Å². The molecule has 2 saturated heterocycles. The van der Waals surface area contributed by atoms with Gasteiger partial charge in [-0.1, -0.05) is 149 Å². The summed E-state index contributed by atoms with van der Waals surface area (Å²) in [6.07, 6.45) is 11.1. The Kier molecular flexibility index (Phi) is 28.3. The minimum Gasteiger partial charge on any atom is -0.394 e. The van der Waals surface area contributed by atoms with Crippen LogP contribution in [0.2, 0.25) is 0 Å². The number of hydrogen-bond acceptors (Lipinski definition) is 13. The first-order valence-corrected chi connectivity index (χ1v) is 22.3. The van der Waals surface area contributed by atoms with Gasteiger partial charge in [0.1, 0.15) is 48.8 Å². The molecule has 12 unspecified atom stereocenters. The molecule has 2 rings (SSSR count). The molecule has 0 aromatic carbocycles. The number of hydrogen-bond donors (Lipinski definition) is 9. The highest BCUT2D eigenvalue weighted by molar-refractivity contribution is 5.76. The van der Waals surface area contributed by atoms with Crippen molar-refractivity contribution in [3.63, 3.8) is 0 Å². The number of carbonyl (C=O) groups is 1. The number of unbranched alkanes of at least 4 members (excludes halogenated alkanes) is 20. The minimum atomic E-state index is -1.78. The summed E-state index contributed by atoms with van der Waals surface area (Å²) in [7, 11) is 0. The molecule has 0 bridgehead atoms. The van der Waals surface area contributed by atoms with Gasteiger partial charge in [0.25, 0.3) is 0 Å². The van der Waals surface area contributed by atoms with Crippen LogP contribution in [0, 0.1) is 0 Å². The highest BCUT2D eigenvalue weighted by Gasteiger charge is 2.51. The van der Waals surface area contributed by atoms with Crippen molar-refractivity contribution in [2.75, 3.05) is 19.8 Å². The van der Waals surface area contributed by atoms with Gasteiger partial charge >= 0.3 is 0 Å². The Balaban J connectivity index is 1.70. The summed E-state index contributed by atoms with van der Waals surface area (Å²) < 4.78 is 22.5. The number of nitrogens with one attached hydrogen (secondary N) is 1. The fraction of sp³-hybridized carbons (Fsp3) is 0.976. The lowest BCUT2D eigenvalue weighted by atomic mass is 9.97. The van der Waals surface area contributed by atoms with Crippen LogP contribution in [-0.4, -0.2) is 140 Å². The van der Waals surface area contributed by atoms with Gasteiger partial charge < -0.3 is 65.1 Å². The van der Waals surface area contributed by atoms with E-state index in [0.29, 0.717) is 12.8 Å². The first kappa shape index (κ1) is 51.1. The SMILES string of the molecule is CCCCCCCCCCCCCCCCCCCCCCC(O)C(COC1OC(CO)C(OC2OC(CO)C(O)C(O)C2O)C(O)C1O)NC(=O)CCCC. The van der Waals surface area contributed by atoms with E-state index in [4.69, 9.17) is 18.9 Å². The Labute approximate surface area is 336 Å². The summed E-state index contributed by atoms with van der Waals surface area (Å²) in [4.78, 5) is 12.7. The number of amides is 1. The molecule has 12 atom stereocenters. The van der Waals surface area contributed by atoms with E-state index in [1.807, 2.05) is 6.92 Å². The van der Waals surface area contributed by atoms with E-state index in [9.17, 15) is 45.6 Å². The van der Waals surface area contributed by atoms with Gasteiger partial charge in [0, 0.05) is 6.42 Å². The summed E-state index contributed by atoms with van der Waals surface area (Å²) >= 11 is 0. The zero-order chi connectivity index (χ0) is 41.1. The second-order valence-corrected chi connectivity index (χ2v) is 16.2. The van der Waals surface area contributed by atoms with Crippen molar-refractivity contribution >= 4 is 5.91 Å². The molecule has 14 heteroatoms. The normalized spacial score (nSPS) is 29.3. The second kappa shape index (κ2) is 30.9. The standard InChI is InChI=1S/C42H81NO13/c1-3-5-7-8-9-10-11-12-13-14-15-16-17-18-19-20-21-22-23-24-25-31(46)30(43-34(47)26-6-4-2)29-53-41-39(52)37(50)40(33(28-45)55-41)56-42-38(51)36(49)35(48)32(27-44)54-42/h30-33,35-42,44-46,48-52H,3-29H2,1-2H3,(H,43,47). The predicted molar refractivity (Wildman–Crippen MR) is 212 cm³/mol. The van der Waals surface area contributed by atoms with Gasteiger partial charge in [-0.3, -0.25) is 4.79 Å². The number of rotatable bonds is 33. The third-order valence-electron chi connectivity index (χ3n) is 11.3. The van der Waals surface area contributed by atoms with Crippen LogP contribution in [-0.2, 0) is 23.7 Å². The molecule has 332 valence electrons. The van der Waals surface area contributed by atoms with Crippen LogP contribution < -0.4 is 5.32 Å². The Morgan fingerprint density at radius 3 is 1.50 bits per heavy atom. The molecule has 0 radical (unpaired) electrons. The van der Waals surface area contributed by atoms with Crippen LogP contribution in [0.4, 0.5) is 0 Å². The number of aliphatic hydroxyl groups excluding tert-OH is 8. The average Bonchev–Trinajstić information content (AvgIpc) is 3.20. The van der Waals surface area contributed by atoms with E-state index < -0.39 is 86.8 Å². The van der Waals surface area contributed by atoms with Gasteiger partial charge in [-0.25, -0.2) is 0 Å². The van der Waals surface area contributed by atoms with Crippen LogP contribution in [0.1, 0.15) is 168 Å². The van der Waals surface area contributed by atoms with Gasteiger partial charge in [-0.2, -0.15) is 0 Å². The Morgan fingerprint density at radius 1 is 0.571 bits per heavy atom. The average molecular weight is 808 g/mol. The van der Waals surface area contributed by atoms with E-state index in [0.717, 1.165) is 32.1 Å². The zero-order valence-corrected chi connectivity index (χ0v) is 34.6. The molecule has 9 N–H and O–H groups in total. The topological polar surface area (TPSA) is 228 Å². The summed E-state index contributed by atoms with van der Waals surface area (Å²) in [6.45, 7) is 2.59. The molecule has 0 aromatic rings. The van der Waals surface area contributed by atoms with E-state index in [1.165, 1.54) is 103 Å². The highest BCUT2D eigenvalue weighted by atomic mass is 16.7. The first-order valence-electron chi connectivity index (χ1n) is 22.3. The van der Waals surface area contributed by atoms with E-state index >= 15 is 0 Å². The first-order chi connectivity index (χ1) is 27.1. The van der Waals surface area contributed by atoms with Crippen molar-refractivity contribution in [3.05, 3.63) is 0 Å². The zero-order valence-electron chi connectivity index (χ0n) is 34.6. The smallest absolute Gasteiger partial charge is 0.220 e. The molecule has 0 saturated carbocycles. The Morgan fingerprint density at radius 2 is 1.02 bits per heavy atom. The minimum absolute atomic E-state index is 0.241. The number of ether oxygens (including phenoxy) is 4. The lowest BCUT2D eigenvalue weighted by molar-refractivity contribution is -0.359. The summed E-state index contributed by atoms with van der Waals surface area (Å²) in [5.41, 5.74) is 0. The van der Waals surface area contributed by atoms with E-state index in [-0.39, 0.29) is 18.9 Å². The molecule has 1 amide bonds. The van der Waals surface area contributed by atoms with E-state index in [1.54, 1.807) is 0 Å². The van der Waals surface area contributed by atoms with Crippen molar-refractivity contribution < 1.29 is 64.6 Å². The van der Waals surface area contributed by atoms with E-state index in [2.05, 4.69) is 12.2 Å². The van der Waals surface area contributed by atoms with Crippen LogP contribution in [0.5, 0.6) is 0 Å². The molecule has 56 heavy (non-hydrogen) atoms. The molecular formula is C42H81NO13. The fourth-order valence-electron chi connectivity index (χ4n) is 7.57. The summed E-state index contributed by atoms with van der Waals surface area (Å²) in [5.74, 6) is -0.241.